The van der Waals surface area contributed by atoms with Crippen molar-refractivity contribution in [2.75, 3.05) is 26.0 Å². The number of benzene rings is 2. The van der Waals surface area contributed by atoms with Crippen molar-refractivity contribution in [1.29, 1.82) is 0 Å². The minimum absolute atomic E-state index is 0. The molecule has 3 rings (SSSR count). The van der Waals surface area contributed by atoms with Gasteiger partial charge < -0.3 is 10.1 Å². The van der Waals surface area contributed by atoms with Crippen LogP contribution in [-0.4, -0.2) is 42.8 Å². The van der Waals surface area contributed by atoms with Gasteiger partial charge in [0.1, 0.15) is 5.75 Å². The molecule has 1 aliphatic heterocycles. The van der Waals surface area contributed by atoms with Crippen molar-refractivity contribution in [2.24, 2.45) is 0 Å². The Labute approximate surface area is 172 Å². The highest BCUT2D eigenvalue weighted by molar-refractivity contribution is 7.92. The maximum Gasteiger partial charge on any atom is 0.206 e. The van der Waals surface area contributed by atoms with E-state index in [0.29, 0.717) is 5.75 Å². The number of hydrogen-bond donors (Lipinski definition) is 1. The molecule has 0 radical (unpaired) electrons. The Morgan fingerprint density at radius 1 is 1.04 bits per heavy atom. The first kappa shape index (κ1) is 22.7. The Morgan fingerprint density at radius 3 is 2.32 bits per heavy atom. The van der Waals surface area contributed by atoms with Gasteiger partial charge in [-0.1, -0.05) is 19.1 Å². The molecule has 0 aromatic heterocycles. The molecule has 1 N–H and O–H groups in total. The van der Waals surface area contributed by atoms with Crippen LogP contribution in [0.25, 0.3) is 0 Å². The van der Waals surface area contributed by atoms with Gasteiger partial charge in [-0.2, -0.15) is 0 Å². The zero-order valence-corrected chi connectivity index (χ0v) is 18.2. The molecule has 0 spiro atoms. The van der Waals surface area contributed by atoms with Crippen molar-refractivity contribution in [1.82, 2.24) is 5.32 Å². The lowest BCUT2D eigenvalue weighted by atomic mass is 9.97. The predicted molar refractivity (Wildman–Crippen MR) is 110 cm³/mol. The Hall–Kier alpha value is -1.61. The van der Waals surface area contributed by atoms with E-state index in [1.54, 1.807) is 12.1 Å². The first-order valence-electron chi connectivity index (χ1n) is 8.76. The highest BCUT2D eigenvalue weighted by Gasteiger charge is 2.25. The van der Waals surface area contributed by atoms with Crippen molar-refractivity contribution >= 4 is 32.1 Å². The van der Waals surface area contributed by atoms with Crippen LogP contribution in [0.5, 0.6) is 5.75 Å². The number of ether oxygens (including phenoxy) is 1. The normalized spacial score (nSPS) is 17.1. The topological polar surface area (TPSA) is 89.5 Å². The first-order chi connectivity index (χ1) is 12.8. The summed E-state index contributed by atoms with van der Waals surface area (Å²) in [6.07, 6.45) is 0.972. The summed E-state index contributed by atoms with van der Waals surface area (Å²) in [7, 11) is -5.83. The second-order valence-corrected chi connectivity index (χ2v) is 10.7. The molecule has 1 heterocycles. The van der Waals surface area contributed by atoms with E-state index in [2.05, 4.69) is 5.32 Å². The van der Waals surface area contributed by atoms with E-state index in [0.717, 1.165) is 25.1 Å². The molecule has 2 aromatic carbocycles. The molecule has 28 heavy (non-hydrogen) atoms. The summed E-state index contributed by atoms with van der Waals surface area (Å²) in [5.74, 6) is 0.728. The van der Waals surface area contributed by atoms with E-state index in [-0.39, 0.29) is 38.8 Å². The van der Waals surface area contributed by atoms with Crippen molar-refractivity contribution in [3.63, 3.8) is 0 Å². The average Bonchev–Trinajstić information content (AvgIpc) is 3.22. The van der Waals surface area contributed by atoms with Gasteiger partial charge in [0.25, 0.3) is 0 Å². The first-order valence-corrected chi connectivity index (χ1v) is 11.9. The number of rotatable bonds is 6. The van der Waals surface area contributed by atoms with Crippen molar-refractivity contribution in [3.8, 4) is 5.75 Å². The molecule has 2 aromatic rings. The Kier molecular flexibility index (Phi) is 7.14. The van der Waals surface area contributed by atoms with Gasteiger partial charge in [0.05, 0.1) is 27.5 Å². The summed E-state index contributed by atoms with van der Waals surface area (Å²) in [5.41, 5.74) is 0.976. The molecule has 154 valence electrons. The summed E-state index contributed by atoms with van der Waals surface area (Å²) in [6, 6.07) is 10.4. The van der Waals surface area contributed by atoms with Crippen LogP contribution in [0.2, 0.25) is 0 Å². The Balaban J connectivity index is 0.00000280. The summed E-state index contributed by atoms with van der Waals surface area (Å²) in [4.78, 5) is 0.0427. The molecule has 1 aliphatic rings. The molecule has 0 amide bonds. The molecule has 1 fully saturated rings. The van der Waals surface area contributed by atoms with Crippen molar-refractivity contribution < 1.29 is 21.6 Å². The average molecular weight is 446 g/mol. The summed E-state index contributed by atoms with van der Waals surface area (Å²) in [6.45, 7) is 3.28. The van der Waals surface area contributed by atoms with E-state index in [9.17, 15) is 16.8 Å². The largest absolute Gasteiger partial charge is 0.496 e. The second kappa shape index (κ2) is 8.82. The van der Waals surface area contributed by atoms with E-state index in [1.165, 1.54) is 44.4 Å². The highest BCUT2D eigenvalue weighted by atomic mass is 35.5. The molecule has 1 unspecified atom stereocenters. The van der Waals surface area contributed by atoms with E-state index in [4.69, 9.17) is 4.74 Å². The minimum atomic E-state index is -3.86. The van der Waals surface area contributed by atoms with Gasteiger partial charge >= 0.3 is 0 Å². The monoisotopic (exact) mass is 445 g/mol. The van der Waals surface area contributed by atoms with Crippen LogP contribution in [-0.2, 0) is 19.7 Å². The Bertz CT molecular complexity index is 1050. The van der Waals surface area contributed by atoms with Gasteiger partial charge in [-0.3, -0.25) is 0 Å². The molecule has 1 saturated heterocycles. The lowest BCUT2D eigenvalue weighted by Crippen LogP contribution is -2.10. The van der Waals surface area contributed by atoms with E-state index < -0.39 is 19.7 Å². The maximum absolute atomic E-state index is 13.0. The van der Waals surface area contributed by atoms with Crippen LogP contribution in [0.15, 0.2) is 57.2 Å². The zero-order chi connectivity index (χ0) is 19.7. The summed E-state index contributed by atoms with van der Waals surface area (Å²) in [5, 5.41) is 3.29. The van der Waals surface area contributed by atoms with Crippen LogP contribution < -0.4 is 10.1 Å². The van der Waals surface area contributed by atoms with Gasteiger partial charge in [-0.05, 0) is 48.9 Å². The number of hydrogen-bond acceptors (Lipinski definition) is 6. The van der Waals surface area contributed by atoms with Crippen LogP contribution >= 0.6 is 12.4 Å². The lowest BCUT2D eigenvalue weighted by molar-refractivity contribution is 0.405. The quantitative estimate of drug-likeness (QED) is 0.735. The molecule has 1 atom stereocenters. The molecule has 0 bridgehead atoms. The fraction of sp³-hybridized carbons (Fsp3) is 0.368. The summed E-state index contributed by atoms with van der Waals surface area (Å²) < 4.78 is 55.7. The van der Waals surface area contributed by atoms with Gasteiger partial charge in [0.2, 0.25) is 9.84 Å². The van der Waals surface area contributed by atoms with E-state index >= 15 is 0 Å². The highest BCUT2D eigenvalue weighted by Crippen LogP contribution is 2.34. The molecule has 6 nitrogen and oxygen atoms in total. The predicted octanol–water partition coefficient (Wildman–Crippen LogP) is 2.82. The van der Waals surface area contributed by atoms with Crippen molar-refractivity contribution in [2.45, 2.75) is 33.9 Å². The number of halogens is 1. The van der Waals surface area contributed by atoms with Crippen LogP contribution in [0.1, 0.15) is 24.8 Å². The maximum atomic E-state index is 13.0. The fourth-order valence-electron chi connectivity index (χ4n) is 3.25. The minimum Gasteiger partial charge on any atom is -0.496 e. The third-order valence-electron chi connectivity index (χ3n) is 4.87. The third kappa shape index (κ3) is 4.35. The van der Waals surface area contributed by atoms with Gasteiger partial charge in [0.15, 0.2) is 9.84 Å². The molecular weight excluding hydrogens is 422 g/mol. The second-order valence-electron chi connectivity index (χ2n) is 6.48. The SMILES string of the molecule is CCS(=O)(=O)c1cccc(S(=O)(=O)c2ccc(C3CCNC3)c(OC)c2)c1.Cl. The van der Waals surface area contributed by atoms with Gasteiger partial charge in [0, 0.05) is 12.5 Å². The van der Waals surface area contributed by atoms with Crippen LogP contribution in [0.3, 0.4) is 0 Å². The molecule has 9 heteroatoms. The van der Waals surface area contributed by atoms with Crippen molar-refractivity contribution in [3.05, 3.63) is 48.0 Å². The van der Waals surface area contributed by atoms with Crippen LogP contribution in [0, 0.1) is 0 Å². The van der Waals surface area contributed by atoms with Crippen LogP contribution in [0.4, 0.5) is 0 Å². The standard InChI is InChI=1S/C19H23NO5S2.ClH/c1-3-26(21,22)15-5-4-6-16(11-15)27(23,24)17-7-8-18(19(12-17)25-2)14-9-10-20-13-14;/h4-8,11-12,14,20H,3,9-10,13H2,1-2H3;1H. The Morgan fingerprint density at radius 2 is 1.71 bits per heavy atom. The fourth-order valence-corrected chi connectivity index (χ4v) is 5.58. The lowest BCUT2D eigenvalue weighted by Gasteiger charge is -2.15. The number of methoxy groups -OCH3 is 1. The van der Waals surface area contributed by atoms with E-state index in [1.807, 2.05) is 0 Å². The number of nitrogens with one attached hydrogen (secondary N) is 1. The molecular formula is C19H24ClNO5S2. The summed E-state index contributed by atoms with van der Waals surface area (Å²) >= 11 is 0. The smallest absolute Gasteiger partial charge is 0.206 e. The molecule has 0 saturated carbocycles. The molecule has 0 aliphatic carbocycles. The number of sulfone groups is 2. The van der Waals surface area contributed by atoms with Gasteiger partial charge in [-0.15, -0.1) is 12.4 Å². The van der Waals surface area contributed by atoms with Gasteiger partial charge in [-0.25, -0.2) is 16.8 Å². The zero-order valence-electron chi connectivity index (χ0n) is 15.7. The third-order valence-corrected chi connectivity index (χ3v) is 8.35.